The van der Waals surface area contributed by atoms with E-state index in [0.29, 0.717) is 36.8 Å². The molecule has 13 nitrogen and oxygen atoms in total. The van der Waals surface area contributed by atoms with Gasteiger partial charge in [0.2, 0.25) is 11.5 Å². The molecule has 13 heteroatoms. The van der Waals surface area contributed by atoms with Crippen LogP contribution in [-0.2, 0) is 20.7 Å². The van der Waals surface area contributed by atoms with E-state index < -0.39 is 29.1 Å². The van der Waals surface area contributed by atoms with E-state index in [1.807, 2.05) is 57.2 Å². The highest BCUT2D eigenvalue weighted by Crippen LogP contribution is 2.46. The minimum Gasteiger partial charge on any atom is -0.474 e. The van der Waals surface area contributed by atoms with E-state index in [4.69, 9.17) is 25.8 Å². The molecule has 1 amide bonds. The number of nitrogens with zero attached hydrogens (tertiary/aromatic N) is 3. The Hall–Kier alpha value is -5.35. The Labute approximate surface area is 302 Å². The summed E-state index contributed by atoms with van der Waals surface area (Å²) in [5.74, 6) is 0.326. The van der Waals surface area contributed by atoms with E-state index in [9.17, 15) is 14.4 Å². The summed E-state index contributed by atoms with van der Waals surface area (Å²) >= 11 is 0. The molecule has 1 spiro atoms. The lowest BCUT2D eigenvalue weighted by Crippen LogP contribution is -2.82. The third kappa shape index (κ3) is 5.84. The van der Waals surface area contributed by atoms with Crippen molar-refractivity contribution in [2.45, 2.75) is 96.9 Å². The zero-order valence-electron chi connectivity index (χ0n) is 30.3. The Morgan fingerprint density at radius 3 is 2.54 bits per heavy atom. The van der Waals surface area contributed by atoms with Gasteiger partial charge in [-0.25, -0.2) is 29.4 Å². The average Bonchev–Trinajstić information content (AvgIpc) is 3.84. The van der Waals surface area contributed by atoms with Crippen LogP contribution in [-0.4, -0.2) is 55.7 Å². The van der Waals surface area contributed by atoms with Crippen molar-refractivity contribution in [1.82, 2.24) is 30.8 Å². The molecule has 4 N–H and O–H groups in total. The predicted molar refractivity (Wildman–Crippen MR) is 193 cm³/mol. The van der Waals surface area contributed by atoms with Gasteiger partial charge in [-0.05, 0) is 80.6 Å². The molecule has 0 radical (unpaired) electrons. The summed E-state index contributed by atoms with van der Waals surface area (Å²) in [5, 5.41) is 6.28. The Kier molecular flexibility index (Phi) is 8.99. The fourth-order valence-corrected chi connectivity index (χ4v) is 8.44. The van der Waals surface area contributed by atoms with E-state index >= 15 is 0 Å². The van der Waals surface area contributed by atoms with Crippen LogP contribution in [0.2, 0.25) is 0 Å². The summed E-state index contributed by atoms with van der Waals surface area (Å²) in [6, 6.07) is 5.14. The first-order chi connectivity index (χ1) is 24.9. The lowest BCUT2D eigenvalue weighted by atomic mass is 9.65. The number of benzene rings is 1. The van der Waals surface area contributed by atoms with Crippen LogP contribution in [0.15, 0.2) is 54.3 Å². The van der Waals surface area contributed by atoms with Crippen molar-refractivity contribution in [1.29, 1.82) is 0 Å². The minimum atomic E-state index is -1.07. The molecule has 7 rings (SSSR count). The first-order valence-electron chi connectivity index (χ1n) is 18.0. The third-order valence-corrected chi connectivity index (χ3v) is 11.0. The van der Waals surface area contributed by atoms with Gasteiger partial charge >= 0.3 is 11.9 Å². The summed E-state index contributed by atoms with van der Waals surface area (Å²) in [7, 11) is 0. The van der Waals surface area contributed by atoms with Crippen LogP contribution in [0.3, 0.4) is 0 Å². The Balaban J connectivity index is 1.17. The maximum absolute atomic E-state index is 14.0. The fourth-order valence-electron chi connectivity index (χ4n) is 8.44. The van der Waals surface area contributed by atoms with Gasteiger partial charge in [-0.2, -0.15) is 0 Å². The molecule has 1 saturated heterocycles. The van der Waals surface area contributed by atoms with E-state index in [1.54, 1.807) is 12.3 Å². The van der Waals surface area contributed by atoms with Crippen LogP contribution in [0.25, 0.3) is 10.5 Å². The SMILES string of the molecule is [C-]#[N+]c1c(C(=O)OC2C(C)CC(C)CC2C)c2nc(CC3=CCC4(C=C3)NC(=O)C4(CC)Oc3ccc(C)cc3C)[nH]n2c1OC(=O)C1C=CNN1. The van der Waals surface area contributed by atoms with Gasteiger partial charge in [-0.15, -0.1) is 0 Å². The van der Waals surface area contributed by atoms with Crippen LogP contribution in [0, 0.1) is 38.2 Å². The number of aryl methyl sites for hydroxylation is 2. The Bertz CT molecular complexity index is 2070. The molecule has 3 aromatic rings. The Morgan fingerprint density at radius 2 is 1.92 bits per heavy atom. The molecule has 2 aliphatic heterocycles. The van der Waals surface area contributed by atoms with Crippen molar-refractivity contribution >= 4 is 29.2 Å². The largest absolute Gasteiger partial charge is 0.474 e. The average molecular weight is 708 g/mol. The summed E-state index contributed by atoms with van der Waals surface area (Å²) in [4.78, 5) is 48.6. The molecule has 0 bridgehead atoms. The first-order valence-corrected chi connectivity index (χ1v) is 18.0. The van der Waals surface area contributed by atoms with E-state index in [-0.39, 0.29) is 46.6 Å². The van der Waals surface area contributed by atoms with Crippen molar-refractivity contribution in [3.05, 3.63) is 88.2 Å². The van der Waals surface area contributed by atoms with Crippen molar-refractivity contribution in [2.75, 3.05) is 0 Å². The molecule has 272 valence electrons. The number of H-pyrrole nitrogens is 1. The second-order valence-corrected chi connectivity index (χ2v) is 14.9. The highest BCUT2D eigenvalue weighted by atomic mass is 16.6. The molecule has 52 heavy (non-hydrogen) atoms. The molecule has 2 aliphatic carbocycles. The van der Waals surface area contributed by atoms with Crippen molar-refractivity contribution in [2.24, 2.45) is 17.8 Å². The second-order valence-electron chi connectivity index (χ2n) is 14.9. The van der Waals surface area contributed by atoms with Crippen LogP contribution in [0.5, 0.6) is 11.6 Å². The molecule has 2 aromatic heterocycles. The van der Waals surface area contributed by atoms with Crippen LogP contribution in [0.4, 0.5) is 5.69 Å². The summed E-state index contributed by atoms with van der Waals surface area (Å²) in [5.41, 5.74) is 6.66. The zero-order valence-corrected chi connectivity index (χ0v) is 30.3. The lowest BCUT2D eigenvalue weighted by molar-refractivity contribution is -0.165. The number of hydrogen-bond acceptors (Lipinski definition) is 9. The molecule has 4 aliphatic rings. The van der Waals surface area contributed by atoms with E-state index in [0.717, 1.165) is 29.5 Å². The second kappa shape index (κ2) is 13.3. The summed E-state index contributed by atoms with van der Waals surface area (Å²) in [6.45, 7) is 20.3. The topological polar surface area (TPSA) is 152 Å². The minimum absolute atomic E-state index is 0.0491. The van der Waals surface area contributed by atoms with Gasteiger partial charge in [0.1, 0.15) is 34.8 Å². The van der Waals surface area contributed by atoms with Gasteiger partial charge in [0, 0.05) is 12.6 Å². The first kappa shape index (κ1) is 35.1. The molecule has 2 fully saturated rings. The maximum atomic E-state index is 14.0. The summed E-state index contributed by atoms with van der Waals surface area (Å²) in [6.07, 6.45) is 12.0. The van der Waals surface area contributed by atoms with Crippen LogP contribution in [0.1, 0.15) is 80.7 Å². The highest BCUT2D eigenvalue weighted by molar-refractivity contribution is 6.05. The van der Waals surface area contributed by atoms with E-state index in [1.165, 1.54) is 4.52 Å². The van der Waals surface area contributed by atoms with Gasteiger partial charge in [0.25, 0.3) is 11.6 Å². The lowest BCUT2D eigenvalue weighted by Gasteiger charge is -2.56. The molecular weight excluding hydrogens is 662 g/mol. The number of ether oxygens (including phenoxy) is 3. The van der Waals surface area contributed by atoms with Gasteiger partial charge < -0.3 is 25.0 Å². The zero-order chi connectivity index (χ0) is 36.9. The van der Waals surface area contributed by atoms with Crippen LogP contribution < -0.4 is 25.6 Å². The summed E-state index contributed by atoms with van der Waals surface area (Å²) < 4.78 is 19.8. The number of aromatic nitrogens is 3. The molecule has 5 atom stereocenters. The number of rotatable bonds is 9. The fraction of sp³-hybridized carbons (Fsp3) is 0.462. The molecule has 1 saturated carbocycles. The maximum Gasteiger partial charge on any atom is 0.334 e. The number of fused-ring (bicyclic) bond motifs is 1. The predicted octanol–water partition coefficient (Wildman–Crippen LogP) is 5.48. The highest BCUT2D eigenvalue weighted by Gasteiger charge is 2.66. The number of β-lactam (4-membered cyclic amide) rings is 1. The van der Waals surface area contributed by atoms with Crippen LogP contribution >= 0.6 is 0 Å². The van der Waals surface area contributed by atoms with Gasteiger partial charge in [-0.3, -0.25) is 9.89 Å². The molecular formula is C39H45N7O6. The van der Waals surface area contributed by atoms with Gasteiger partial charge in [0.15, 0.2) is 5.65 Å². The molecule has 4 heterocycles. The standard InChI is InChI=1S/C39H45N7O6/c1-8-39(52-28-10-9-21(2)17-23(28)4)37(49)43-38(39)14-11-26(12-15-38)20-29-42-33-30(36(48)50-32-24(5)18-22(3)19-25(32)6)31(40-7)34(46(33)45-29)51-35(47)27-13-16-41-44-27/h9-14,16-17,22,24-25,27,32,41,44H,8,15,18-20H2,1-6H3,(H,42,45)(H,43,49). The number of carbonyl (C=O) groups is 3. The monoisotopic (exact) mass is 707 g/mol. The number of carbonyl (C=O) groups excluding carboxylic acids is 3. The molecule has 1 aromatic carbocycles. The number of allylic oxidation sites excluding steroid dienone is 2. The smallest absolute Gasteiger partial charge is 0.334 e. The quantitative estimate of drug-likeness (QED) is 0.129. The number of hydrazine groups is 1. The number of aromatic amines is 1. The van der Waals surface area contributed by atoms with Gasteiger partial charge in [-0.1, -0.05) is 63.6 Å². The number of hydrogen-bond donors (Lipinski definition) is 4. The number of amides is 1. The van der Waals surface area contributed by atoms with E-state index in [2.05, 4.69) is 46.9 Å². The van der Waals surface area contributed by atoms with Crippen molar-refractivity contribution in [3.63, 3.8) is 0 Å². The number of esters is 2. The third-order valence-electron chi connectivity index (χ3n) is 11.0. The van der Waals surface area contributed by atoms with Crippen molar-refractivity contribution in [3.8, 4) is 11.6 Å². The number of nitrogens with one attached hydrogen (secondary N) is 4. The van der Waals surface area contributed by atoms with Gasteiger partial charge in [0.05, 0.1) is 6.57 Å². The molecule has 5 unspecified atom stereocenters. The van der Waals surface area contributed by atoms with Crippen molar-refractivity contribution < 1.29 is 28.6 Å². The normalized spacial score (nSPS) is 29.2. The Morgan fingerprint density at radius 1 is 1.15 bits per heavy atom.